The zero-order chi connectivity index (χ0) is 15.0. The van der Waals surface area contributed by atoms with Gasteiger partial charge >= 0.3 is 5.97 Å². The molecular formula is C12H14N4O4S. The Bertz CT molecular complexity index is 653. The van der Waals surface area contributed by atoms with Gasteiger partial charge in [0.1, 0.15) is 5.82 Å². The minimum atomic E-state index is -1.19. The summed E-state index contributed by atoms with van der Waals surface area (Å²) in [6.07, 6.45) is -0.243. The van der Waals surface area contributed by atoms with Gasteiger partial charge in [-0.25, -0.2) is 0 Å². The van der Waals surface area contributed by atoms with Gasteiger partial charge < -0.3 is 15.3 Å². The van der Waals surface area contributed by atoms with E-state index in [0.717, 1.165) is 24.6 Å². The molecule has 1 amide bonds. The maximum Gasteiger partial charge on any atom is 0.311 e. The molecule has 1 unspecified atom stereocenters. The van der Waals surface area contributed by atoms with E-state index in [1.165, 1.54) is 0 Å². The molecule has 0 aliphatic carbocycles. The normalized spacial score (nSPS) is 21.6. The van der Waals surface area contributed by atoms with E-state index < -0.39 is 23.4 Å². The molecule has 9 heteroatoms. The average Bonchev–Trinajstić information content (AvgIpc) is 2.46. The SMILES string of the molecule is O=C1CC(C(=O)O)c2c(nc(N3CCSCC3)[nH]c2=O)N1. The number of aromatic nitrogens is 2. The number of rotatable bonds is 2. The molecule has 2 aliphatic heterocycles. The summed E-state index contributed by atoms with van der Waals surface area (Å²) in [7, 11) is 0. The molecule has 8 nitrogen and oxygen atoms in total. The second-order valence-electron chi connectivity index (χ2n) is 4.89. The van der Waals surface area contributed by atoms with Gasteiger partial charge in [0.25, 0.3) is 5.56 Å². The summed E-state index contributed by atoms with van der Waals surface area (Å²) in [4.78, 5) is 43.8. The first-order chi connectivity index (χ1) is 10.1. The molecular weight excluding hydrogens is 296 g/mol. The number of carbonyl (C=O) groups excluding carboxylic acids is 1. The molecule has 3 heterocycles. The first kappa shape index (κ1) is 13.9. The fourth-order valence-corrected chi connectivity index (χ4v) is 3.40. The number of nitrogens with zero attached hydrogens (tertiary/aromatic N) is 2. The van der Waals surface area contributed by atoms with Crippen molar-refractivity contribution < 1.29 is 14.7 Å². The third-order valence-electron chi connectivity index (χ3n) is 3.55. The second kappa shape index (κ2) is 5.40. The van der Waals surface area contributed by atoms with Crippen molar-refractivity contribution in [3.8, 4) is 0 Å². The van der Waals surface area contributed by atoms with Gasteiger partial charge in [0.05, 0.1) is 11.5 Å². The van der Waals surface area contributed by atoms with Crippen molar-refractivity contribution in [3.63, 3.8) is 0 Å². The summed E-state index contributed by atoms with van der Waals surface area (Å²) in [6.45, 7) is 1.51. The Morgan fingerprint density at radius 1 is 1.33 bits per heavy atom. The molecule has 1 aromatic rings. The first-order valence-electron chi connectivity index (χ1n) is 6.56. The molecule has 0 spiro atoms. The number of amides is 1. The summed E-state index contributed by atoms with van der Waals surface area (Å²) in [5.74, 6) is -0.457. The fourth-order valence-electron chi connectivity index (χ4n) is 2.50. The third-order valence-corrected chi connectivity index (χ3v) is 4.49. The number of H-pyrrole nitrogens is 1. The van der Waals surface area contributed by atoms with Gasteiger partial charge in [-0.15, -0.1) is 0 Å². The molecule has 0 saturated carbocycles. The number of nitrogens with one attached hydrogen (secondary N) is 2. The quantitative estimate of drug-likeness (QED) is 0.694. The minimum absolute atomic E-state index is 0.0252. The van der Waals surface area contributed by atoms with Crippen molar-refractivity contribution in [1.82, 2.24) is 9.97 Å². The number of thioether (sulfide) groups is 1. The highest BCUT2D eigenvalue weighted by atomic mass is 32.2. The van der Waals surface area contributed by atoms with E-state index in [4.69, 9.17) is 0 Å². The van der Waals surface area contributed by atoms with Crippen molar-refractivity contribution in [1.29, 1.82) is 0 Å². The lowest BCUT2D eigenvalue weighted by atomic mass is 9.94. The number of carboxylic acids is 1. The lowest BCUT2D eigenvalue weighted by Gasteiger charge is -2.28. The van der Waals surface area contributed by atoms with Crippen LogP contribution in [0.25, 0.3) is 0 Å². The minimum Gasteiger partial charge on any atom is -0.481 e. The Labute approximate surface area is 123 Å². The van der Waals surface area contributed by atoms with Gasteiger partial charge in [0.15, 0.2) is 0 Å². The summed E-state index contributed by atoms with van der Waals surface area (Å²) < 4.78 is 0. The van der Waals surface area contributed by atoms with E-state index in [9.17, 15) is 19.5 Å². The van der Waals surface area contributed by atoms with Gasteiger partial charge in [-0.2, -0.15) is 16.7 Å². The highest BCUT2D eigenvalue weighted by Crippen LogP contribution is 2.29. The molecule has 3 N–H and O–H groups in total. The van der Waals surface area contributed by atoms with Crippen molar-refractivity contribution >= 4 is 35.4 Å². The summed E-state index contributed by atoms with van der Waals surface area (Å²) >= 11 is 1.82. The standard InChI is InChI=1S/C12H14N4O4S/c17-7-5-6(11(19)20)8-9(13-7)14-12(15-10(8)18)16-1-3-21-4-2-16/h6H,1-5H2,(H,19,20)(H2,13,14,15,17,18). The topological polar surface area (TPSA) is 115 Å². The lowest BCUT2D eigenvalue weighted by molar-refractivity contribution is -0.140. The molecule has 21 heavy (non-hydrogen) atoms. The van der Waals surface area contributed by atoms with Crippen LogP contribution in [0.15, 0.2) is 4.79 Å². The lowest BCUT2D eigenvalue weighted by Crippen LogP contribution is -2.38. The van der Waals surface area contributed by atoms with E-state index in [2.05, 4.69) is 15.3 Å². The molecule has 3 rings (SSSR count). The molecule has 0 bridgehead atoms. The van der Waals surface area contributed by atoms with Crippen LogP contribution in [0.2, 0.25) is 0 Å². The fraction of sp³-hybridized carbons (Fsp3) is 0.500. The van der Waals surface area contributed by atoms with Crippen molar-refractivity contribution in [2.45, 2.75) is 12.3 Å². The van der Waals surface area contributed by atoms with E-state index in [-0.39, 0.29) is 17.8 Å². The molecule has 0 aromatic carbocycles. The van der Waals surface area contributed by atoms with Gasteiger partial charge in [-0.1, -0.05) is 0 Å². The smallest absolute Gasteiger partial charge is 0.311 e. The molecule has 2 aliphatic rings. The van der Waals surface area contributed by atoms with Crippen LogP contribution in [-0.4, -0.2) is 51.5 Å². The number of aromatic amines is 1. The number of anilines is 2. The molecule has 1 fully saturated rings. The average molecular weight is 310 g/mol. The van der Waals surface area contributed by atoms with Crippen molar-refractivity contribution in [2.75, 3.05) is 34.8 Å². The van der Waals surface area contributed by atoms with Crippen molar-refractivity contribution in [2.24, 2.45) is 0 Å². The Morgan fingerprint density at radius 3 is 2.71 bits per heavy atom. The molecule has 1 aromatic heterocycles. The van der Waals surface area contributed by atoms with Crippen LogP contribution in [-0.2, 0) is 9.59 Å². The van der Waals surface area contributed by atoms with Crippen LogP contribution >= 0.6 is 11.8 Å². The third kappa shape index (κ3) is 2.60. The number of hydrogen-bond acceptors (Lipinski definition) is 6. The molecule has 1 atom stereocenters. The Kier molecular flexibility index (Phi) is 3.58. The monoisotopic (exact) mass is 310 g/mol. The molecule has 1 saturated heterocycles. The summed E-state index contributed by atoms with van der Waals surface area (Å²) in [5, 5.41) is 11.7. The molecule has 0 radical (unpaired) electrons. The van der Waals surface area contributed by atoms with Gasteiger partial charge in [-0.3, -0.25) is 19.4 Å². The number of carbonyl (C=O) groups is 2. The van der Waals surface area contributed by atoms with Crippen LogP contribution < -0.4 is 15.8 Å². The van der Waals surface area contributed by atoms with Gasteiger partial charge in [-0.05, 0) is 0 Å². The van der Waals surface area contributed by atoms with Crippen molar-refractivity contribution in [3.05, 3.63) is 15.9 Å². The van der Waals surface area contributed by atoms with Crippen LogP contribution in [0.3, 0.4) is 0 Å². The highest BCUT2D eigenvalue weighted by molar-refractivity contribution is 7.99. The highest BCUT2D eigenvalue weighted by Gasteiger charge is 2.35. The summed E-state index contributed by atoms with van der Waals surface area (Å²) in [6, 6.07) is 0. The predicted molar refractivity (Wildman–Crippen MR) is 78.0 cm³/mol. The largest absolute Gasteiger partial charge is 0.481 e. The van der Waals surface area contributed by atoms with Crippen LogP contribution in [0, 0.1) is 0 Å². The van der Waals surface area contributed by atoms with E-state index in [0.29, 0.717) is 5.95 Å². The number of fused-ring (bicyclic) bond motifs is 1. The van der Waals surface area contributed by atoms with Crippen LogP contribution in [0.4, 0.5) is 11.8 Å². The van der Waals surface area contributed by atoms with Crippen LogP contribution in [0.1, 0.15) is 17.9 Å². The summed E-state index contributed by atoms with van der Waals surface area (Å²) in [5.41, 5.74) is -0.474. The molecule has 112 valence electrons. The first-order valence-corrected chi connectivity index (χ1v) is 7.71. The number of carboxylic acid groups (broad SMARTS) is 1. The Morgan fingerprint density at radius 2 is 2.05 bits per heavy atom. The van der Waals surface area contributed by atoms with E-state index in [1.807, 2.05) is 16.7 Å². The van der Waals surface area contributed by atoms with Gasteiger partial charge in [0.2, 0.25) is 11.9 Å². The Balaban J connectivity index is 2.04. The zero-order valence-corrected chi connectivity index (χ0v) is 11.9. The maximum atomic E-state index is 12.2. The number of hydrogen-bond donors (Lipinski definition) is 3. The van der Waals surface area contributed by atoms with Crippen LogP contribution in [0.5, 0.6) is 0 Å². The number of aliphatic carboxylic acids is 1. The van der Waals surface area contributed by atoms with E-state index in [1.54, 1.807) is 0 Å². The predicted octanol–water partition coefficient (Wildman–Crippen LogP) is -0.167. The Hall–Kier alpha value is -2.03. The maximum absolute atomic E-state index is 12.2. The van der Waals surface area contributed by atoms with Gasteiger partial charge in [0, 0.05) is 31.0 Å². The second-order valence-corrected chi connectivity index (χ2v) is 6.12. The van der Waals surface area contributed by atoms with E-state index >= 15 is 0 Å². The zero-order valence-electron chi connectivity index (χ0n) is 11.1.